The van der Waals surface area contributed by atoms with Crippen molar-refractivity contribution in [3.8, 4) is 0 Å². The minimum absolute atomic E-state index is 0.0233. The van der Waals surface area contributed by atoms with Gasteiger partial charge in [-0.3, -0.25) is 14.4 Å². The molecule has 0 spiro atoms. The molecule has 0 radical (unpaired) electrons. The summed E-state index contributed by atoms with van der Waals surface area (Å²) in [6, 6.07) is 0. The van der Waals surface area contributed by atoms with Gasteiger partial charge in [0.25, 0.3) is 0 Å². The Labute approximate surface area is 140 Å². The van der Waals surface area contributed by atoms with E-state index in [0.29, 0.717) is 25.7 Å². The Kier molecular flexibility index (Phi) is 7.87. The standard InChI is InChI=1S/C20H32O3/c1-13(2)17-8-7-15(4)19(22)9-6-14(3)10-18(21)11-16(5)20(23)12-17/h14-17H,1,6-12H2,2-5H3/t14-,15-,16+,17+/m0/s1. The summed E-state index contributed by atoms with van der Waals surface area (Å²) < 4.78 is 0. The van der Waals surface area contributed by atoms with Gasteiger partial charge in [0.2, 0.25) is 0 Å². The van der Waals surface area contributed by atoms with Crippen molar-refractivity contribution in [2.24, 2.45) is 23.7 Å². The van der Waals surface area contributed by atoms with Gasteiger partial charge in [-0.25, -0.2) is 0 Å². The zero-order valence-corrected chi connectivity index (χ0v) is 15.2. The Balaban J connectivity index is 2.86. The molecule has 0 aliphatic heterocycles. The molecule has 0 heterocycles. The average Bonchev–Trinajstić information content (AvgIpc) is 2.46. The molecule has 1 saturated carbocycles. The highest BCUT2D eigenvalue weighted by molar-refractivity contribution is 5.88. The number of hydrogen-bond acceptors (Lipinski definition) is 3. The van der Waals surface area contributed by atoms with Crippen LogP contribution >= 0.6 is 0 Å². The van der Waals surface area contributed by atoms with Crippen LogP contribution in [0.5, 0.6) is 0 Å². The van der Waals surface area contributed by atoms with Crippen molar-refractivity contribution in [1.29, 1.82) is 0 Å². The first-order chi connectivity index (χ1) is 10.7. The summed E-state index contributed by atoms with van der Waals surface area (Å²) in [5, 5.41) is 0. The number of allylic oxidation sites excluding steroid dienone is 1. The van der Waals surface area contributed by atoms with Crippen LogP contribution in [0.2, 0.25) is 0 Å². The Hall–Kier alpha value is -1.25. The molecule has 3 heteroatoms. The molecule has 1 rings (SSSR count). The first-order valence-corrected chi connectivity index (χ1v) is 8.93. The molecule has 0 unspecified atom stereocenters. The largest absolute Gasteiger partial charge is 0.300 e. The highest BCUT2D eigenvalue weighted by Gasteiger charge is 2.24. The van der Waals surface area contributed by atoms with Gasteiger partial charge in [0.15, 0.2) is 0 Å². The van der Waals surface area contributed by atoms with Gasteiger partial charge in [-0.1, -0.05) is 32.9 Å². The maximum Gasteiger partial charge on any atom is 0.136 e. The number of Topliss-reactive ketones (excluding diaryl/α,β-unsaturated/α-hetero) is 3. The van der Waals surface area contributed by atoms with Crippen molar-refractivity contribution in [2.75, 3.05) is 0 Å². The maximum atomic E-state index is 12.4. The smallest absolute Gasteiger partial charge is 0.136 e. The minimum Gasteiger partial charge on any atom is -0.300 e. The Morgan fingerprint density at radius 2 is 1.52 bits per heavy atom. The molecular formula is C20H32O3. The molecule has 1 aliphatic rings. The molecule has 0 aromatic rings. The SMILES string of the molecule is C=C(C)[C@@H]1CC[C@H](C)C(=O)CC[C@H](C)CC(=O)C[C@@H](C)C(=O)C1. The van der Waals surface area contributed by atoms with Gasteiger partial charge in [-0.15, -0.1) is 0 Å². The van der Waals surface area contributed by atoms with Crippen molar-refractivity contribution in [2.45, 2.75) is 72.6 Å². The van der Waals surface area contributed by atoms with Gasteiger partial charge in [0, 0.05) is 37.5 Å². The predicted octanol–water partition coefficient (Wildman–Crippen LogP) is 4.54. The van der Waals surface area contributed by atoms with E-state index < -0.39 is 0 Å². The van der Waals surface area contributed by atoms with E-state index in [1.54, 1.807) is 0 Å². The van der Waals surface area contributed by atoms with Crippen molar-refractivity contribution >= 4 is 17.3 Å². The molecule has 130 valence electrons. The lowest BCUT2D eigenvalue weighted by atomic mass is 9.82. The van der Waals surface area contributed by atoms with Gasteiger partial charge in [-0.2, -0.15) is 0 Å². The van der Waals surface area contributed by atoms with E-state index in [1.165, 1.54) is 0 Å². The minimum atomic E-state index is -0.210. The van der Waals surface area contributed by atoms with E-state index in [9.17, 15) is 14.4 Å². The Morgan fingerprint density at radius 1 is 0.870 bits per heavy atom. The monoisotopic (exact) mass is 320 g/mol. The van der Waals surface area contributed by atoms with E-state index in [1.807, 2.05) is 27.7 Å². The zero-order valence-electron chi connectivity index (χ0n) is 15.2. The summed E-state index contributed by atoms with van der Waals surface area (Å²) in [6.07, 6.45) is 4.21. The van der Waals surface area contributed by atoms with Crippen LogP contribution in [0.1, 0.15) is 72.6 Å². The van der Waals surface area contributed by atoms with Crippen LogP contribution < -0.4 is 0 Å². The fourth-order valence-corrected chi connectivity index (χ4v) is 3.24. The lowest BCUT2D eigenvalue weighted by Crippen LogP contribution is -2.22. The molecule has 0 aromatic heterocycles. The number of rotatable bonds is 1. The van der Waals surface area contributed by atoms with Crippen molar-refractivity contribution in [3.05, 3.63) is 12.2 Å². The van der Waals surface area contributed by atoms with Crippen molar-refractivity contribution in [3.63, 3.8) is 0 Å². The van der Waals surface area contributed by atoms with Crippen LogP contribution in [0.4, 0.5) is 0 Å². The molecule has 0 saturated heterocycles. The van der Waals surface area contributed by atoms with Gasteiger partial charge in [-0.05, 0) is 38.0 Å². The molecule has 0 amide bonds. The van der Waals surface area contributed by atoms with Crippen LogP contribution in [0.3, 0.4) is 0 Å². The first-order valence-electron chi connectivity index (χ1n) is 8.93. The summed E-state index contributed by atoms with van der Waals surface area (Å²) >= 11 is 0. The van der Waals surface area contributed by atoms with E-state index in [0.717, 1.165) is 24.8 Å². The van der Waals surface area contributed by atoms with Crippen LogP contribution in [0.25, 0.3) is 0 Å². The summed E-state index contributed by atoms with van der Waals surface area (Å²) in [4.78, 5) is 36.8. The second kappa shape index (κ2) is 9.14. The third-order valence-electron chi connectivity index (χ3n) is 5.19. The van der Waals surface area contributed by atoms with Gasteiger partial charge >= 0.3 is 0 Å². The third-order valence-corrected chi connectivity index (χ3v) is 5.19. The van der Waals surface area contributed by atoms with E-state index in [4.69, 9.17) is 0 Å². The summed E-state index contributed by atoms with van der Waals surface area (Å²) in [5.41, 5.74) is 0.997. The average molecular weight is 320 g/mol. The first kappa shape index (κ1) is 19.8. The fraction of sp³-hybridized carbons (Fsp3) is 0.750. The molecule has 3 nitrogen and oxygen atoms in total. The van der Waals surface area contributed by atoms with Crippen molar-refractivity contribution in [1.82, 2.24) is 0 Å². The quantitative estimate of drug-likeness (QED) is 0.667. The van der Waals surface area contributed by atoms with Gasteiger partial charge in [0.05, 0.1) is 0 Å². The normalized spacial score (nSPS) is 32.4. The molecular weight excluding hydrogens is 288 g/mol. The number of carbonyl (C=O) groups excluding carboxylic acids is 3. The van der Waals surface area contributed by atoms with E-state index >= 15 is 0 Å². The van der Waals surface area contributed by atoms with Crippen LogP contribution in [-0.2, 0) is 14.4 Å². The summed E-state index contributed by atoms with van der Waals surface area (Å²) in [7, 11) is 0. The van der Waals surface area contributed by atoms with Gasteiger partial charge in [0.1, 0.15) is 17.3 Å². The highest BCUT2D eigenvalue weighted by Crippen LogP contribution is 2.27. The Morgan fingerprint density at radius 3 is 2.13 bits per heavy atom. The number of carbonyl (C=O) groups is 3. The maximum absolute atomic E-state index is 12.4. The molecule has 1 fully saturated rings. The van der Waals surface area contributed by atoms with Crippen LogP contribution in [-0.4, -0.2) is 17.3 Å². The van der Waals surface area contributed by atoms with Crippen LogP contribution in [0, 0.1) is 23.7 Å². The number of hydrogen-bond donors (Lipinski definition) is 0. The van der Waals surface area contributed by atoms with Crippen LogP contribution in [0.15, 0.2) is 12.2 Å². The summed E-state index contributed by atoms with van der Waals surface area (Å²) in [5.74, 6) is 0.720. The molecule has 1 aliphatic carbocycles. The molecule has 0 aromatic carbocycles. The third kappa shape index (κ3) is 6.80. The van der Waals surface area contributed by atoms with Crippen molar-refractivity contribution < 1.29 is 14.4 Å². The zero-order chi connectivity index (χ0) is 17.6. The fourth-order valence-electron chi connectivity index (χ4n) is 3.24. The number of ketones is 3. The predicted molar refractivity (Wildman–Crippen MR) is 93.1 cm³/mol. The lowest BCUT2D eigenvalue weighted by molar-refractivity contribution is -0.128. The van der Waals surface area contributed by atoms with Gasteiger partial charge < -0.3 is 0 Å². The summed E-state index contributed by atoms with van der Waals surface area (Å²) in [6.45, 7) is 11.8. The van der Waals surface area contributed by atoms with E-state index in [2.05, 4.69) is 6.58 Å². The second-order valence-corrected chi connectivity index (χ2v) is 7.65. The lowest BCUT2D eigenvalue weighted by Gasteiger charge is -2.21. The molecule has 23 heavy (non-hydrogen) atoms. The Bertz CT molecular complexity index is 464. The molecule has 0 bridgehead atoms. The second-order valence-electron chi connectivity index (χ2n) is 7.65. The highest BCUT2D eigenvalue weighted by atomic mass is 16.1. The molecule has 0 N–H and O–H groups in total. The topological polar surface area (TPSA) is 51.2 Å². The van der Waals surface area contributed by atoms with E-state index in [-0.39, 0.29) is 41.0 Å². The molecule has 4 atom stereocenters.